The van der Waals surface area contributed by atoms with Crippen LogP contribution in [0.4, 0.5) is 10.1 Å². The van der Waals surface area contributed by atoms with Gasteiger partial charge in [-0.15, -0.1) is 0 Å². The zero-order valence-electron chi connectivity index (χ0n) is 21.9. The van der Waals surface area contributed by atoms with Crippen LogP contribution in [0, 0.1) is 5.82 Å². The molecule has 0 spiro atoms. The Morgan fingerprint density at radius 2 is 1.77 bits per heavy atom. The highest BCUT2D eigenvalue weighted by Gasteiger charge is 2.31. The normalized spacial score (nSPS) is 14.8. The lowest BCUT2D eigenvalue weighted by molar-refractivity contribution is -0.120. The van der Waals surface area contributed by atoms with E-state index >= 15 is 0 Å². The molecule has 0 bridgehead atoms. The zero-order chi connectivity index (χ0) is 27.9. The van der Waals surface area contributed by atoms with E-state index in [2.05, 4.69) is 15.2 Å². The van der Waals surface area contributed by atoms with Crippen molar-refractivity contribution in [2.24, 2.45) is 7.05 Å². The summed E-state index contributed by atoms with van der Waals surface area (Å²) in [6, 6.07) is 9.36. The number of phenols is 1. The first-order chi connectivity index (χ1) is 18.5. The number of rotatable bonds is 5. The second-order valence-corrected chi connectivity index (χ2v) is 10.6. The van der Waals surface area contributed by atoms with Gasteiger partial charge in [0.1, 0.15) is 11.6 Å². The number of amides is 1. The third kappa shape index (κ3) is 5.27. The molecule has 1 aliphatic rings. The Bertz CT molecular complexity index is 1620. The Kier molecular flexibility index (Phi) is 6.94. The van der Waals surface area contributed by atoms with Gasteiger partial charge in [-0.05, 0) is 55.7 Å². The van der Waals surface area contributed by atoms with Crippen LogP contribution in [0.15, 0.2) is 66.0 Å². The minimum absolute atomic E-state index is 0.0445. The Morgan fingerprint density at radius 3 is 2.38 bits per heavy atom. The molecule has 2 N–H and O–H groups in total. The number of pyridine rings is 1. The predicted molar refractivity (Wildman–Crippen MR) is 150 cm³/mol. The number of phenolic OH excluding ortho intramolecular Hbond substituents is 1. The molecule has 202 valence electrons. The van der Waals surface area contributed by atoms with Gasteiger partial charge in [0, 0.05) is 67.9 Å². The molecule has 1 fully saturated rings. The zero-order valence-corrected chi connectivity index (χ0v) is 22.7. The first-order valence-electron chi connectivity index (χ1n) is 12.6. The highest BCUT2D eigenvalue weighted by atomic mass is 35.5. The van der Waals surface area contributed by atoms with E-state index in [1.807, 2.05) is 13.0 Å². The van der Waals surface area contributed by atoms with Crippen LogP contribution < -0.4 is 15.9 Å². The van der Waals surface area contributed by atoms with Crippen molar-refractivity contribution in [3.8, 4) is 33.7 Å². The molecule has 10 heteroatoms. The van der Waals surface area contributed by atoms with Crippen LogP contribution in [-0.4, -0.2) is 43.8 Å². The number of nitrogens with one attached hydrogen (secondary N) is 1. The summed E-state index contributed by atoms with van der Waals surface area (Å²) in [5.41, 5.74) is 2.48. The van der Waals surface area contributed by atoms with Crippen LogP contribution in [0.3, 0.4) is 0 Å². The SMILES string of the molecule is CC(=O)NC1(C)CCN(c2cncc(-c3cc(F)cc(-c4ccc(-n5ccn(C)c5=O)c(Cl)c4)c3O)c2)CC1. The van der Waals surface area contributed by atoms with E-state index < -0.39 is 5.82 Å². The second-order valence-electron chi connectivity index (χ2n) is 10.2. The fourth-order valence-corrected chi connectivity index (χ4v) is 5.38. The quantitative estimate of drug-likeness (QED) is 0.369. The molecular weight excluding hydrogens is 521 g/mol. The highest BCUT2D eigenvalue weighted by molar-refractivity contribution is 6.32. The van der Waals surface area contributed by atoms with E-state index in [1.54, 1.807) is 50.0 Å². The molecule has 4 aromatic rings. The number of nitrogens with zero attached hydrogens (tertiary/aromatic N) is 4. The number of hydrogen-bond donors (Lipinski definition) is 2. The van der Waals surface area contributed by atoms with Crippen LogP contribution in [0.25, 0.3) is 27.9 Å². The Morgan fingerprint density at radius 1 is 1.08 bits per heavy atom. The van der Waals surface area contributed by atoms with E-state index in [1.165, 1.54) is 28.2 Å². The minimum atomic E-state index is -0.522. The summed E-state index contributed by atoms with van der Waals surface area (Å²) in [7, 11) is 1.64. The number of piperidine rings is 1. The summed E-state index contributed by atoms with van der Waals surface area (Å²) in [6.45, 7) is 5.01. The topological polar surface area (TPSA) is 92.4 Å². The van der Waals surface area contributed by atoms with Crippen LogP contribution in [0.2, 0.25) is 5.02 Å². The molecule has 3 heterocycles. The minimum Gasteiger partial charge on any atom is -0.507 e. The number of carbonyl (C=O) groups excluding carboxylic acids is 1. The maximum Gasteiger partial charge on any atom is 0.332 e. The van der Waals surface area contributed by atoms with Gasteiger partial charge in [0.05, 0.1) is 22.6 Å². The molecule has 0 unspecified atom stereocenters. The molecule has 0 atom stereocenters. The van der Waals surface area contributed by atoms with E-state index in [0.717, 1.165) is 31.6 Å². The lowest BCUT2D eigenvalue weighted by Crippen LogP contribution is -2.52. The number of hydrogen-bond acceptors (Lipinski definition) is 5. The van der Waals surface area contributed by atoms with Gasteiger partial charge in [-0.1, -0.05) is 17.7 Å². The first kappa shape index (κ1) is 26.5. The van der Waals surface area contributed by atoms with Crippen molar-refractivity contribution in [2.75, 3.05) is 18.0 Å². The van der Waals surface area contributed by atoms with Crippen molar-refractivity contribution in [1.29, 1.82) is 0 Å². The molecule has 2 aromatic heterocycles. The van der Waals surface area contributed by atoms with Gasteiger partial charge in [0.2, 0.25) is 5.91 Å². The number of aryl methyl sites for hydroxylation is 1. The third-order valence-corrected chi connectivity index (χ3v) is 7.59. The molecule has 39 heavy (non-hydrogen) atoms. The van der Waals surface area contributed by atoms with Gasteiger partial charge in [0.25, 0.3) is 0 Å². The summed E-state index contributed by atoms with van der Waals surface area (Å²) in [6.07, 6.45) is 8.13. The first-order valence-corrected chi connectivity index (χ1v) is 13.0. The van der Waals surface area contributed by atoms with Crippen molar-refractivity contribution in [3.05, 3.63) is 82.5 Å². The summed E-state index contributed by atoms with van der Waals surface area (Å²) >= 11 is 6.52. The monoisotopic (exact) mass is 549 g/mol. The van der Waals surface area contributed by atoms with Crippen LogP contribution >= 0.6 is 11.6 Å². The number of carbonyl (C=O) groups is 1. The fraction of sp³-hybridized carbons (Fsp3) is 0.276. The van der Waals surface area contributed by atoms with Crippen molar-refractivity contribution in [1.82, 2.24) is 19.4 Å². The largest absolute Gasteiger partial charge is 0.507 e. The summed E-state index contributed by atoms with van der Waals surface area (Å²) < 4.78 is 17.7. The van der Waals surface area contributed by atoms with Crippen LogP contribution in [0.5, 0.6) is 5.75 Å². The van der Waals surface area contributed by atoms with E-state index in [-0.39, 0.29) is 33.5 Å². The molecule has 2 aromatic carbocycles. The molecule has 1 aliphatic heterocycles. The summed E-state index contributed by atoms with van der Waals surface area (Å²) in [4.78, 5) is 30.4. The molecule has 8 nitrogen and oxygen atoms in total. The van der Waals surface area contributed by atoms with Gasteiger partial charge in [0.15, 0.2) is 0 Å². The molecule has 1 amide bonds. The van der Waals surface area contributed by atoms with E-state index in [4.69, 9.17) is 11.6 Å². The van der Waals surface area contributed by atoms with Crippen molar-refractivity contribution >= 4 is 23.2 Å². The maximum atomic E-state index is 14.9. The average Bonchev–Trinajstić information content (AvgIpc) is 3.22. The predicted octanol–water partition coefficient (Wildman–Crippen LogP) is 4.90. The van der Waals surface area contributed by atoms with Crippen molar-refractivity contribution < 1.29 is 14.3 Å². The van der Waals surface area contributed by atoms with Gasteiger partial charge in [-0.25, -0.2) is 9.18 Å². The number of aromatic nitrogens is 3. The van der Waals surface area contributed by atoms with Crippen LogP contribution in [0.1, 0.15) is 26.7 Å². The Labute approximate surface area is 230 Å². The maximum absolute atomic E-state index is 14.9. The van der Waals surface area contributed by atoms with Crippen molar-refractivity contribution in [2.45, 2.75) is 32.2 Å². The Balaban J connectivity index is 1.46. The second kappa shape index (κ2) is 10.2. The van der Waals surface area contributed by atoms with Gasteiger partial charge in [-0.3, -0.25) is 14.3 Å². The molecule has 5 rings (SSSR count). The lowest BCUT2D eigenvalue weighted by Gasteiger charge is -2.40. The molecular formula is C29H29ClFN5O3. The molecule has 0 saturated carbocycles. The van der Waals surface area contributed by atoms with Gasteiger partial charge >= 0.3 is 5.69 Å². The molecule has 1 saturated heterocycles. The smallest absolute Gasteiger partial charge is 0.332 e. The summed E-state index contributed by atoms with van der Waals surface area (Å²) in [5, 5.41) is 14.6. The number of imidazole rings is 1. The van der Waals surface area contributed by atoms with Gasteiger partial charge < -0.3 is 19.9 Å². The number of aromatic hydroxyl groups is 1. The van der Waals surface area contributed by atoms with Crippen molar-refractivity contribution in [3.63, 3.8) is 0 Å². The third-order valence-electron chi connectivity index (χ3n) is 7.28. The van der Waals surface area contributed by atoms with Crippen LogP contribution in [-0.2, 0) is 11.8 Å². The molecule has 0 radical (unpaired) electrons. The highest BCUT2D eigenvalue weighted by Crippen LogP contribution is 2.41. The standard InChI is InChI=1S/C29H29ClFN5O3/c1-18(37)33-29(2)6-8-35(9-7-29)22-12-20(16-32-17-22)24-15-21(31)14-23(27(24)38)19-4-5-26(25(30)13-19)36-11-10-34(3)28(36)39/h4-5,10-17,38H,6-9H2,1-3H3,(H,33,37). The van der Waals surface area contributed by atoms with Gasteiger partial charge in [-0.2, -0.15) is 0 Å². The average molecular weight is 550 g/mol. The fourth-order valence-electron chi connectivity index (χ4n) is 5.11. The van der Waals surface area contributed by atoms with E-state index in [0.29, 0.717) is 22.4 Å². The lowest BCUT2D eigenvalue weighted by atomic mass is 9.89. The number of halogens is 2. The number of anilines is 1. The molecule has 0 aliphatic carbocycles. The summed E-state index contributed by atoms with van der Waals surface area (Å²) in [5.74, 6) is -0.670. The Hall–Kier alpha value is -4.11. The number of benzene rings is 2. The van der Waals surface area contributed by atoms with E-state index in [9.17, 15) is 19.1 Å².